The van der Waals surface area contributed by atoms with Crippen molar-refractivity contribution in [2.24, 2.45) is 5.73 Å². The van der Waals surface area contributed by atoms with Crippen molar-refractivity contribution in [1.82, 2.24) is 9.80 Å². The van der Waals surface area contributed by atoms with E-state index < -0.39 is 12.0 Å². The van der Waals surface area contributed by atoms with Crippen molar-refractivity contribution in [2.75, 3.05) is 39.8 Å². The number of likely N-dealkylation sites (N-methyl/N-ethyl adjacent to an activating group) is 1. The Morgan fingerprint density at radius 2 is 2.14 bits per heavy atom. The molecular formula is C9H19N3O2. The van der Waals surface area contributed by atoms with Crippen LogP contribution in [-0.2, 0) is 4.79 Å². The SMILES string of the molecule is CN1CCCN(C(CN)C(=O)O)CC1. The van der Waals surface area contributed by atoms with Crippen LogP contribution in [0.1, 0.15) is 6.42 Å². The van der Waals surface area contributed by atoms with Crippen LogP contribution >= 0.6 is 0 Å². The highest BCUT2D eigenvalue weighted by atomic mass is 16.4. The van der Waals surface area contributed by atoms with Gasteiger partial charge in [0.25, 0.3) is 0 Å². The van der Waals surface area contributed by atoms with E-state index in [1.54, 1.807) is 0 Å². The summed E-state index contributed by atoms with van der Waals surface area (Å²) < 4.78 is 0. The number of aliphatic carboxylic acids is 1. The lowest BCUT2D eigenvalue weighted by Crippen LogP contribution is -2.47. The Bertz CT molecular complexity index is 198. The molecule has 14 heavy (non-hydrogen) atoms. The van der Waals surface area contributed by atoms with Crippen LogP contribution in [0.5, 0.6) is 0 Å². The Hall–Kier alpha value is -0.650. The highest BCUT2D eigenvalue weighted by molar-refractivity contribution is 5.73. The third-order valence-corrected chi connectivity index (χ3v) is 2.70. The maximum absolute atomic E-state index is 10.9. The van der Waals surface area contributed by atoms with Gasteiger partial charge in [0.05, 0.1) is 0 Å². The van der Waals surface area contributed by atoms with Crippen LogP contribution in [0, 0.1) is 0 Å². The van der Waals surface area contributed by atoms with Crippen molar-refractivity contribution in [3.05, 3.63) is 0 Å². The first kappa shape index (κ1) is 11.4. The van der Waals surface area contributed by atoms with Crippen molar-refractivity contribution in [1.29, 1.82) is 0 Å². The molecule has 1 aliphatic heterocycles. The van der Waals surface area contributed by atoms with Crippen LogP contribution < -0.4 is 5.73 Å². The monoisotopic (exact) mass is 201 g/mol. The van der Waals surface area contributed by atoms with E-state index in [-0.39, 0.29) is 6.54 Å². The lowest BCUT2D eigenvalue weighted by molar-refractivity contribution is -0.142. The first-order valence-electron chi connectivity index (χ1n) is 5.00. The van der Waals surface area contributed by atoms with Gasteiger partial charge in [-0.15, -0.1) is 0 Å². The van der Waals surface area contributed by atoms with Crippen LogP contribution in [0.4, 0.5) is 0 Å². The zero-order chi connectivity index (χ0) is 10.6. The highest BCUT2D eigenvalue weighted by Gasteiger charge is 2.25. The van der Waals surface area contributed by atoms with Crippen molar-refractivity contribution in [2.45, 2.75) is 12.5 Å². The number of carbonyl (C=O) groups is 1. The smallest absolute Gasteiger partial charge is 0.322 e. The number of nitrogens with two attached hydrogens (primary N) is 1. The van der Waals surface area contributed by atoms with E-state index in [4.69, 9.17) is 10.8 Å². The largest absolute Gasteiger partial charge is 0.480 e. The number of hydrogen-bond donors (Lipinski definition) is 2. The molecule has 1 atom stereocenters. The van der Waals surface area contributed by atoms with E-state index in [1.165, 1.54) is 0 Å². The maximum Gasteiger partial charge on any atom is 0.322 e. The minimum absolute atomic E-state index is 0.193. The van der Waals surface area contributed by atoms with Gasteiger partial charge in [-0.2, -0.15) is 0 Å². The van der Waals surface area contributed by atoms with E-state index in [2.05, 4.69) is 11.9 Å². The fourth-order valence-electron chi connectivity index (χ4n) is 1.78. The van der Waals surface area contributed by atoms with E-state index in [0.717, 1.165) is 32.6 Å². The van der Waals surface area contributed by atoms with E-state index >= 15 is 0 Å². The maximum atomic E-state index is 10.9. The molecule has 1 rings (SSSR count). The summed E-state index contributed by atoms with van der Waals surface area (Å²) >= 11 is 0. The molecule has 0 aromatic rings. The quantitative estimate of drug-likeness (QED) is 0.615. The molecule has 5 nitrogen and oxygen atoms in total. The lowest BCUT2D eigenvalue weighted by atomic mass is 10.2. The third kappa shape index (κ3) is 2.94. The third-order valence-electron chi connectivity index (χ3n) is 2.70. The molecule has 0 bridgehead atoms. The van der Waals surface area contributed by atoms with Crippen molar-refractivity contribution >= 4 is 5.97 Å². The van der Waals surface area contributed by atoms with Crippen LogP contribution in [0.15, 0.2) is 0 Å². The van der Waals surface area contributed by atoms with Gasteiger partial charge in [-0.25, -0.2) is 0 Å². The summed E-state index contributed by atoms with van der Waals surface area (Å²) in [5.41, 5.74) is 5.45. The summed E-state index contributed by atoms with van der Waals surface area (Å²) in [6.07, 6.45) is 1.01. The molecule has 0 aromatic heterocycles. The zero-order valence-electron chi connectivity index (χ0n) is 8.65. The Labute approximate surface area is 84.5 Å². The number of carboxylic acid groups (broad SMARTS) is 1. The van der Waals surface area contributed by atoms with Gasteiger partial charge in [0.2, 0.25) is 0 Å². The minimum Gasteiger partial charge on any atom is -0.480 e. The van der Waals surface area contributed by atoms with Gasteiger partial charge in [0.15, 0.2) is 0 Å². The lowest BCUT2D eigenvalue weighted by Gasteiger charge is -2.25. The summed E-state index contributed by atoms with van der Waals surface area (Å²) in [4.78, 5) is 15.1. The molecule has 0 saturated carbocycles. The van der Waals surface area contributed by atoms with Crippen LogP contribution in [0.2, 0.25) is 0 Å². The van der Waals surface area contributed by atoms with Gasteiger partial charge in [-0.05, 0) is 20.0 Å². The Kier molecular flexibility index (Phi) is 4.31. The van der Waals surface area contributed by atoms with Crippen LogP contribution in [0.3, 0.4) is 0 Å². The summed E-state index contributed by atoms with van der Waals surface area (Å²) in [5, 5.41) is 8.95. The second-order valence-electron chi connectivity index (χ2n) is 3.78. The van der Waals surface area contributed by atoms with Crippen molar-refractivity contribution in [3.8, 4) is 0 Å². The number of rotatable bonds is 3. The van der Waals surface area contributed by atoms with Gasteiger partial charge in [0.1, 0.15) is 6.04 Å². The molecule has 0 amide bonds. The molecular weight excluding hydrogens is 182 g/mol. The van der Waals surface area contributed by atoms with E-state index in [0.29, 0.717) is 0 Å². The topological polar surface area (TPSA) is 69.8 Å². The molecule has 0 aliphatic carbocycles. The van der Waals surface area contributed by atoms with E-state index in [9.17, 15) is 4.79 Å². The molecule has 1 fully saturated rings. The van der Waals surface area contributed by atoms with E-state index in [1.807, 2.05) is 4.90 Å². The number of carboxylic acids is 1. The molecule has 3 N–H and O–H groups in total. The predicted octanol–water partition coefficient (Wildman–Crippen LogP) is -0.964. The summed E-state index contributed by atoms with van der Waals surface area (Å²) in [6, 6.07) is -0.513. The van der Waals surface area contributed by atoms with Gasteiger partial charge in [0, 0.05) is 26.2 Å². The molecule has 0 aromatic carbocycles. The first-order chi connectivity index (χ1) is 6.65. The average Bonchev–Trinajstić information content (AvgIpc) is 2.32. The normalized spacial score (nSPS) is 23.0. The second-order valence-corrected chi connectivity index (χ2v) is 3.78. The fraction of sp³-hybridized carbons (Fsp3) is 0.889. The summed E-state index contributed by atoms with van der Waals surface area (Å²) in [6.45, 7) is 3.78. The number of hydrogen-bond acceptors (Lipinski definition) is 4. The standard InChI is InChI=1S/C9H19N3O2/c1-11-3-2-4-12(6-5-11)8(7-10)9(13)14/h8H,2-7,10H2,1H3,(H,13,14). The predicted molar refractivity (Wildman–Crippen MR) is 54.2 cm³/mol. The zero-order valence-corrected chi connectivity index (χ0v) is 8.65. The summed E-state index contributed by atoms with van der Waals surface area (Å²) in [7, 11) is 2.06. The molecule has 82 valence electrons. The van der Waals surface area contributed by atoms with Crippen LogP contribution in [-0.4, -0.2) is 66.7 Å². The van der Waals surface area contributed by atoms with Crippen LogP contribution in [0.25, 0.3) is 0 Å². The molecule has 1 unspecified atom stereocenters. The Balaban J connectivity index is 2.53. The average molecular weight is 201 g/mol. The molecule has 5 heteroatoms. The second kappa shape index (κ2) is 5.29. The molecule has 1 heterocycles. The van der Waals surface area contributed by atoms with Gasteiger partial charge >= 0.3 is 5.97 Å². The summed E-state index contributed by atoms with van der Waals surface area (Å²) in [5.74, 6) is -0.808. The van der Waals surface area contributed by atoms with Crippen molar-refractivity contribution in [3.63, 3.8) is 0 Å². The van der Waals surface area contributed by atoms with Gasteiger partial charge in [-0.3, -0.25) is 9.69 Å². The molecule has 1 aliphatic rings. The van der Waals surface area contributed by atoms with Gasteiger partial charge < -0.3 is 15.7 Å². The molecule has 1 saturated heterocycles. The Morgan fingerprint density at radius 1 is 1.43 bits per heavy atom. The first-order valence-corrected chi connectivity index (χ1v) is 5.00. The number of nitrogens with zero attached hydrogens (tertiary/aromatic N) is 2. The van der Waals surface area contributed by atoms with Crippen molar-refractivity contribution < 1.29 is 9.90 Å². The minimum atomic E-state index is -0.808. The fourth-order valence-corrected chi connectivity index (χ4v) is 1.78. The highest BCUT2D eigenvalue weighted by Crippen LogP contribution is 2.05. The Morgan fingerprint density at radius 3 is 2.71 bits per heavy atom. The molecule has 0 spiro atoms. The molecule has 0 radical (unpaired) electrons. The van der Waals surface area contributed by atoms with Gasteiger partial charge in [-0.1, -0.05) is 0 Å².